The second kappa shape index (κ2) is 10.1. The molecular weight excluding hydrogens is 366 g/mol. The molecule has 1 amide bonds. The Morgan fingerprint density at radius 2 is 1.79 bits per heavy atom. The summed E-state index contributed by atoms with van der Waals surface area (Å²) in [5.41, 5.74) is 0.0404. The maximum atomic E-state index is 13.0. The Hall–Kier alpha value is -2.04. The van der Waals surface area contributed by atoms with Crippen LogP contribution < -0.4 is 5.32 Å². The Balaban J connectivity index is 2.07. The summed E-state index contributed by atoms with van der Waals surface area (Å²) in [5, 5.41) is 2.68. The standard InChI is InChI=1S/C24H37NO4/c1-16(2)20-13-12-17(3)14-19(20)15-28-22(26)21(18-10-8-7-9-11-18)25-23(27)29-24(4,5)6/h7-11,16-17,19-21H,12-15H2,1-6H3,(H,25,27)/t17-,19+,20+,21?/m1/s1. The minimum absolute atomic E-state index is 0.362. The number of benzene rings is 1. The first-order chi connectivity index (χ1) is 13.6. The Kier molecular flexibility index (Phi) is 8.12. The molecule has 1 unspecified atom stereocenters. The van der Waals surface area contributed by atoms with E-state index in [1.54, 1.807) is 20.8 Å². The van der Waals surface area contributed by atoms with E-state index in [1.165, 1.54) is 12.8 Å². The van der Waals surface area contributed by atoms with Crippen LogP contribution in [0.5, 0.6) is 0 Å². The number of carbonyl (C=O) groups is 2. The minimum atomic E-state index is -0.885. The lowest BCUT2D eigenvalue weighted by molar-refractivity contribution is -0.149. The average Bonchev–Trinajstić information content (AvgIpc) is 2.63. The third-order valence-corrected chi connectivity index (χ3v) is 5.63. The molecule has 0 aromatic heterocycles. The van der Waals surface area contributed by atoms with Crippen LogP contribution in [0.2, 0.25) is 0 Å². The fraction of sp³-hybridized carbons (Fsp3) is 0.667. The van der Waals surface area contributed by atoms with Gasteiger partial charge >= 0.3 is 12.1 Å². The SMILES string of the molecule is CC(C)[C@@H]1CC[C@@H](C)C[C@H]1COC(=O)C(NC(=O)OC(C)(C)C)c1ccccc1. The zero-order chi connectivity index (χ0) is 21.6. The van der Waals surface area contributed by atoms with Crippen molar-refractivity contribution in [3.05, 3.63) is 35.9 Å². The Bertz CT molecular complexity index is 665. The highest BCUT2D eigenvalue weighted by atomic mass is 16.6. The summed E-state index contributed by atoms with van der Waals surface area (Å²) in [4.78, 5) is 25.2. The minimum Gasteiger partial charge on any atom is -0.464 e. The largest absolute Gasteiger partial charge is 0.464 e. The van der Waals surface area contributed by atoms with Crippen molar-refractivity contribution in [3.63, 3.8) is 0 Å². The number of carbonyl (C=O) groups excluding carboxylic acids is 2. The van der Waals surface area contributed by atoms with Crippen LogP contribution >= 0.6 is 0 Å². The zero-order valence-electron chi connectivity index (χ0n) is 18.7. The van der Waals surface area contributed by atoms with E-state index < -0.39 is 23.7 Å². The van der Waals surface area contributed by atoms with Crippen LogP contribution in [-0.4, -0.2) is 24.3 Å². The van der Waals surface area contributed by atoms with Gasteiger partial charge in [0.15, 0.2) is 6.04 Å². The summed E-state index contributed by atoms with van der Waals surface area (Å²) in [6.45, 7) is 12.5. The molecule has 0 aliphatic heterocycles. The van der Waals surface area contributed by atoms with E-state index in [0.29, 0.717) is 35.8 Å². The number of rotatable bonds is 6. The molecule has 29 heavy (non-hydrogen) atoms. The molecule has 0 radical (unpaired) electrons. The zero-order valence-corrected chi connectivity index (χ0v) is 18.7. The van der Waals surface area contributed by atoms with Gasteiger partial charge in [0.25, 0.3) is 0 Å². The van der Waals surface area contributed by atoms with E-state index >= 15 is 0 Å². The highest BCUT2D eigenvalue weighted by molar-refractivity contribution is 5.82. The normalized spacial score (nSPS) is 23.3. The van der Waals surface area contributed by atoms with Crippen LogP contribution in [0.1, 0.15) is 72.4 Å². The van der Waals surface area contributed by atoms with Crippen molar-refractivity contribution in [1.82, 2.24) is 5.32 Å². The lowest BCUT2D eigenvalue weighted by atomic mass is 9.70. The van der Waals surface area contributed by atoms with Crippen LogP contribution in [0.25, 0.3) is 0 Å². The molecule has 5 nitrogen and oxygen atoms in total. The molecule has 4 atom stereocenters. The lowest BCUT2D eigenvalue weighted by Gasteiger charge is -2.37. The molecule has 162 valence electrons. The predicted molar refractivity (Wildman–Crippen MR) is 114 cm³/mol. The summed E-state index contributed by atoms with van der Waals surface area (Å²) >= 11 is 0. The van der Waals surface area contributed by atoms with Crippen molar-refractivity contribution in [2.75, 3.05) is 6.61 Å². The van der Waals surface area contributed by atoms with Gasteiger partial charge < -0.3 is 14.8 Å². The van der Waals surface area contributed by atoms with Crippen LogP contribution in [0.15, 0.2) is 30.3 Å². The van der Waals surface area contributed by atoms with Gasteiger partial charge in [0.2, 0.25) is 0 Å². The first kappa shape index (κ1) is 23.2. The molecule has 0 bridgehead atoms. The molecule has 1 aromatic carbocycles. The highest BCUT2D eigenvalue weighted by Crippen LogP contribution is 2.38. The summed E-state index contributed by atoms with van der Waals surface area (Å²) in [7, 11) is 0. The van der Waals surface area contributed by atoms with Gasteiger partial charge in [-0.1, -0.05) is 57.5 Å². The smallest absolute Gasteiger partial charge is 0.408 e. The van der Waals surface area contributed by atoms with E-state index in [-0.39, 0.29) is 0 Å². The number of nitrogens with one attached hydrogen (secondary N) is 1. The molecular formula is C24H37NO4. The van der Waals surface area contributed by atoms with E-state index in [1.807, 2.05) is 30.3 Å². The number of ether oxygens (including phenoxy) is 2. The summed E-state index contributed by atoms with van der Waals surface area (Å²) in [6.07, 6.45) is 2.86. The average molecular weight is 404 g/mol. The van der Waals surface area contributed by atoms with E-state index in [0.717, 1.165) is 6.42 Å². The number of hydrogen-bond donors (Lipinski definition) is 1. The van der Waals surface area contributed by atoms with Crippen LogP contribution in [0.3, 0.4) is 0 Å². The number of hydrogen-bond acceptors (Lipinski definition) is 4. The second-order valence-electron chi connectivity index (χ2n) is 9.71. The molecule has 0 saturated heterocycles. The molecule has 2 rings (SSSR count). The van der Waals surface area contributed by atoms with Gasteiger partial charge in [0.05, 0.1) is 6.61 Å². The van der Waals surface area contributed by atoms with Crippen LogP contribution in [0.4, 0.5) is 4.79 Å². The van der Waals surface area contributed by atoms with Gasteiger partial charge in [-0.05, 0) is 62.8 Å². The molecule has 1 N–H and O–H groups in total. The van der Waals surface area contributed by atoms with Crippen LogP contribution in [0, 0.1) is 23.7 Å². The van der Waals surface area contributed by atoms with Crippen molar-refractivity contribution >= 4 is 12.1 Å². The lowest BCUT2D eigenvalue weighted by Crippen LogP contribution is -2.39. The third kappa shape index (κ3) is 7.37. The number of alkyl carbamates (subject to hydrolysis) is 1. The number of amides is 1. The third-order valence-electron chi connectivity index (χ3n) is 5.63. The van der Waals surface area contributed by atoms with Gasteiger partial charge in [0.1, 0.15) is 5.60 Å². The summed E-state index contributed by atoms with van der Waals surface area (Å²) in [5.74, 6) is 1.70. The van der Waals surface area contributed by atoms with Gasteiger partial charge in [-0.3, -0.25) is 0 Å². The predicted octanol–water partition coefficient (Wildman–Crippen LogP) is 5.50. The first-order valence-electron chi connectivity index (χ1n) is 10.8. The molecule has 1 aliphatic rings. The molecule has 1 fully saturated rings. The monoisotopic (exact) mass is 403 g/mol. The highest BCUT2D eigenvalue weighted by Gasteiger charge is 2.33. The molecule has 0 heterocycles. The van der Waals surface area contributed by atoms with Gasteiger partial charge in [-0.2, -0.15) is 0 Å². The molecule has 1 saturated carbocycles. The maximum absolute atomic E-state index is 13.0. The van der Waals surface area contributed by atoms with E-state index in [4.69, 9.17) is 9.47 Å². The quantitative estimate of drug-likeness (QED) is 0.637. The van der Waals surface area contributed by atoms with Crippen molar-refractivity contribution in [2.45, 2.75) is 72.4 Å². The Morgan fingerprint density at radius 3 is 2.38 bits per heavy atom. The maximum Gasteiger partial charge on any atom is 0.408 e. The van der Waals surface area contributed by atoms with E-state index in [9.17, 15) is 9.59 Å². The van der Waals surface area contributed by atoms with Gasteiger partial charge in [-0.25, -0.2) is 9.59 Å². The van der Waals surface area contributed by atoms with Crippen LogP contribution in [-0.2, 0) is 14.3 Å². The fourth-order valence-corrected chi connectivity index (χ4v) is 4.21. The van der Waals surface area contributed by atoms with Crippen molar-refractivity contribution in [1.29, 1.82) is 0 Å². The van der Waals surface area contributed by atoms with Gasteiger partial charge in [-0.15, -0.1) is 0 Å². The van der Waals surface area contributed by atoms with Crippen molar-refractivity contribution in [3.8, 4) is 0 Å². The topological polar surface area (TPSA) is 64.6 Å². The number of esters is 1. The second-order valence-corrected chi connectivity index (χ2v) is 9.71. The molecule has 1 aliphatic carbocycles. The van der Waals surface area contributed by atoms with E-state index in [2.05, 4.69) is 26.1 Å². The van der Waals surface area contributed by atoms with Gasteiger partial charge in [0, 0.05) is 0 Å². The first-order valence-corrected chi connectivity index (χ1v) is 10.8. The van der Waals surface area contributed by atoms with Crippen molar-refractivity contribution < 1.29 is 19.1 Å². The Labute approximate surface area is 175 Å². The molecule has 1 aromatic rings. The Morgan fingerprint density at radius 1 is 1.14 bits per heavy atom. The summed E-state index contributed by atoms with van der Waals surface area (Å²) < 4.78 is 11.1. The summed E-state index contributed by atoms with van der Waals surface area (Å²) in [6, 6.07) is 8.28. The molecule has 0 spiro atoms. The fourth-order valence-electron chi connectivity index (χ4n) is 4.21. The van der Waals surface area contributed by atoms with Crippen molar-refractivity contribution in [2.24, 2.45) is 23.7 Å². The molecule has 5 heteroatoms.